The van der Waals surface area contributed by atoms with Crippen molar-refractivity contribution in [2.24, 2.45) is 15.7 Å². The number of nitrogens with two attached hydrogens (primary N) is 1. The Kier molecular flexibility index (Phi) is 8.22. The molecule has 2 aliphatic heterocycles. The first-order chi connectivity index (χ1) is 19.2. The van der Waals surface area contributed by atoms with E-state index < -0.39 is 11.9 Å². The maximum Gasteiger partial charge on any atom is 0.244 e. The molecule has 1 aromatic carbocycles. The van der Waals surface area contributed by atoms with Crippen molar-refractivity contribution in [3.63, 3.8) is 0 Å². The lowest BCUT2D eigenvalue weighted by Crippen LogP contribution is -2.50. The normalized spacial score (nSPS) is 18.1. The van der Waals surface area contributed by atoms with Crippen molar-refractivity contribution < 1.29 is 9.53 Å². The summed E-state index contributed by atoms with van der Waals surface area (Å²) < 4.78 is 6.37. The fraction of sp³-hybridized carbons (Fsp3) is 0.481. The molecule has 0 radical (unpaired) electrons. The molecule has 1 amide bonds. The number of benzene rings is 1. The van der Waals surface area contributed by atoms with E-state index in [0.717, 1.165) is 77.3 Å². The molecule has 0 saturated carbocycles. The second-order valence-corrected chi connectivity index (χ2v) is 12.7. The van der Waals surface area contributed by atoms with Crippen LogP contribution in [-0.4, -0.2) is 105 Å². The van der Waals surface area contributed by atoms with E-state index in [4.69, 9.17) is 10.5 Å². The number of thioether (sulfide) groups is 1. The Morgan fingerprint density at radius 1 is 1.23 bits per heavy atom. The molecule has 1 unspecified atom stereocenters. The molecular weight excluding hydrogens is 528 g/mol. The molecule has 212 valence electrons. The average Bonchev–Trinajstić information content (AvgIpc) is 3.33. The summed E-state index contributed by atoms with van der Waals surface area (Å²) in [4.78, 5) is 34.7. The van der Waals surface area contributed by atoms with Crippen LogP contribution in [0, 0.1) is 6.92 Å². The summed E-state index contributed by atoms with van der Waals surface area (Å²) in [6.07, 6.45) is 5.01. The zero-order chi connectivity index (χ0) is 28.3. The van der Waals surface area contributed by atoms with Crippen molar-refractivity contribution in [2.75, 3.05) is 51.2 Å². The fourth-order valence-corrected chi connectivity index (χ4v) is 5.59. The molecule has 13 heteroatoms. The van der Waals surface area contributed by atoms with E-state index in [2.05, 4.69) is 72.1 Å². The van der Waals surface area contributed by atoms with Crippen LogP contribution in [0.1, 0.15) is 26.3 Å². The SMILES string of the molecule is Cc1cn[nH]c1Nc1ncnc2cc(OCCN3CCN(C4=NCC(C(N)=O)N=C4)CC3)c(SC(C)(C)C)cc12. The molecule has 0 spiro atoms. The molecule has 2 aliphatic rings. The van der Waals surface area contributed by atoms with Crippen molar-refractivity contribution in [2.45, 2.75) is 43.4 Å². The molecular formula is C27H36N10O2S. The number of amidine groups is 1. The molecule has 5 rings (SSSR count). The molecule has 1 saturated heterocycles. The number of amides is 1. The number of aryl methyl sites for hydroxylation is 1. The number of primary amides is 1. The lowest BCUT2D eigenvalue weighted by Gasteiger charge is -2.36. The number of hydrogen-bond acceptors (Lipinski definition) is 11. The number of aliphatic imine (C=N–C) groups is 2. The molecule has 3 aromatic rings. The number of carbonyl (C=O) groups is 1. The molecule has 0 aliphatic carbocycles. The van der Waals surface area contributed by atoms with Crippen LogP contribution >= 0.6 is 11.8 Å². The van der Waals surface area contributed by atoms with E-state index in [1.807, 2.05) is 13.0 Å². The maximum absolute atomic E-state index is 11.3. The van der Waals surface area contributed by atoms with Gasteiger partial charge in [0.25, 0.3) is 0 Å². The van der Waals surface area contributed by atoms with Gasteiger partial charge in [-0.05, 0) is 13.0 Å². The Balaban J connectivity index is 1.23. The summed E-state index contributed by atoms with van der Waals surface area (Å²) in [7, 11) is 0. The van der Waals surface area contributed by atoms with Gasteiger partial charge < -0.3 is 20.7 Å². The van der Waals surface area contributed by atoms with Gasteiger partial charge in [-0.1, -0.05) is 20.8 Å². The standard InChI is InChI=1S/C27H36N10O2S/c1-17-13-33-35-25(17)34-26-18-11-22(40-27(2,3)4)21(12-19(18)31-16-32-26)39-10-9-36-5-7-37(8-6-36)23-15-29-20(14-30-23)24(28)38/h11-13,15-16,20H,5-10,14H2,1-4H3,(H2,28,38)(H2,31,32,33,34,35). The predicted molar refractivity (Wildman–Crippen MR) is 159 cm³/mol. The second-order valence-electron chi connectivity index (χ2n) is 10.9. The van der Waals surface area contributed by atoms with Crippen LogP contribution in [0.5, 0.6) is 5.75 Å². The maximum atomic E-state index is 11.3. The van der Waals surface area contributed by atoms with Gasteiger partial charge in [-0.2, -0.15) is 5.10 Å². The lowest BCUT2D eigenvalue weighted by molar-refractivity contribution is -0.118. The number of fused-ring (bicyclic) bond motifs is 1. The van der Waals surface area contributed by atoms with Gasteiger partial charge in [0.2, 0.25) is 5.91 Å². The predicted octanol–water partition coefficient (Wildman–Crippen LogP) is 2.63. The van der Waals surface area contributed by atoms with E-state index in [9.17, 15) is 4.79 Å². The highest BCUT2D eigenvalue weighted by Crippen LogP contribution is 2.41. The number of carbonyl (C=O) groups excluding carboxylic acids is 1. The number of hydrogen-bond donors (Lipinski definition) is 3. The van der Waals surface area contributed by atoms with Gasteiger partial charge in [0.05, 0.1) is 29.4 Å². The molecule has 4 N–H and O–H groups in total. The summed E-state index contributed by atoms with van der Waals surface area (Å²) in [6, 6.07) is 3.57. The van der Waals surface area contributed by atoms with Crippen LogP contribution < -0.4 is 15.8 Å². The van der Waals surface area contributed by atoms with Crippen molar-refractivity contribution in [3.05, 3.63) is 30.2 Å². The summed E-state index contributed by atoms with van der Waals surface area (Å²) in [5.41, 5.74) is 7.15. The highest BCUT2D eigenvalue weighted by atomic mass is 32.2. The van der Waals surface area contributed by atoms with E-state index in [1.54, 1.807) is 30.5 Å². The van der Waals surface area contributed by atoms with Gasteiger partial charge in [-0.25, -0.2) is 9.97 Å². The largest absolute Gasteiger partial charge is 0.491 e. The third-order valence-corrected chi connectivity index (χ3v) is 7.83. The summed E-state index contributed by atoms with van der Waals surface area (Å²) in [5, 5.41) is 11.4. The smallest absolute Gasteiger partial charge is 0.244 e. The van der Waals surface area contributed by atoms with Gasteiger partial charge in [-0.15, -0.1) is 11.8 Å². The van der Waals surface area contributed by atoms with Crippen LogP contribution in [-0.2, 0) is 4.79 Å². The quantitative estimate of drug-likeness (QED) is 0.351. The molecule has 4 heterocycles. The Bertz CT molecular complexity index is 1420. The van der Waals surface area contributed by atoms with Gasteiger partial charge in [0.15, 0.2) is 0 Å². The third-order valence-electron chi connectivity index (χ3n) is 6.68. The second kappa shape index (κ2) is 11.8. The fourth-order valence-electron chi connectivity index (χ4n) is 4.53. The highest BCUT2D eigenvalue weighted by Gasteiger charge is 2.23. The number of ether oxygens (including phenoxy) is 1. The Hall–Kier alpha value is -3.71. The van der Waals surface area contributed by atoms with Crippen molar-refractivity contribution >= 4 is 52.3 Å². The Morgan fingerprint density at radius 2 is 2.02 bits per heavy atom. The van der Waals surface area contributed by atoms with Crippen LogP contribution in [0.25, 0.3) is 10.9 Å². The first-order valence-electron chi connectivity index (χ1n) is 13.4. The van der Waals surface area contributed by atoms with Gasteiger partial charge in [0.1, 0.15) is 42.2 Å². The van der Waals surface area contributed by atoms with Gasteiger partial charge in [-0.3, -0.25) is 24.8 Å². The number of rotatable bonds is 8. The molecule has 1 fully saturated rings. The van der Waals surface area contributed by atoms with E-state index in [1.165, 1.54) is 0 Å². The molecule has 2 aromatic heterocycles. The topological polar surface area (TPSA) is 150 Å². The minimum Gasteiger partial charge on any atom is -0.491 e. The minimum absolute atomic E-state index is 0.00604. The first kappa shape index (κ1) is 27.8. The number of aromatic nitrogens is 4. The van der Waals surface area contributed by atoms with E-state index >= 15 is 0 Å². The molecule has 1 atom stereocenters. The lowest BCUT2D eigenvalue weighted by atomic mass is 10.2. The van der Waals surface area contributed by atoms with Gasteiger partial charge in [0, 0.05) is 54.5 Å². The summed E-state index contributed by atoms with van der Waals surface area (Å²) >= 11 is 1.76. The molecule has 0 bridgehead atoms. The van der Waals surface area contributed by atoms with Crippen LogP contribution in [0.2, 0.25) is 0 Å². The number of H-pyrrole nitrogens is 1. The third kappa shape index (κ3) is 6.70. The highest BCUT2D eigenvalue weighted by molar-refractivity contribution is 8.00. The molecule has 40 heavy (non-hydrogen) atoms. The van der Waals surface area contributed by atoms with Crippen molar-refractivity contribution in [1.82, 2.24) is 30.0 Å². The van der Waals surface area contributed by atoms with Crippen molar-refractivity contribution in [1.29, 1.82) is 0 Å². The number of anilines is 2. The van der Waals surface area contributed by atoms with Crippen molar-refractivity contribution in [3.8, 4) is 5.75 Å². The van der Waals surface area contributed by atoms with E-state index in [0.29, 0.717) is 13.2 Å². The van der Waals surface area contributed by atoms with Crippen LogP contribution in [0.4, 0.5) is 11.6 Å². The van der Waals surface area contributed by atoms with Crippen LogP contribution in [0.3, 0.4) is 0 Å². The van der Waals surface area contributed by atoms with Gasteiger partial charge >= 0.3 is 0 Å². The Morgan fingerprint density at radius 3 is 2.67 bits per heavy atom. The monoisotopic (exact) mass is 564 g/mol. The summed E-state index contributed by atoms with van der Waals surface area (Å²) in [5.74, 6) is 2.74. The zero-order valence-corrected chi connectivity index (χ0v) is 24.2. The van der Waals surface area contributed by atoms with E-state index in [-0.39, 0.29) is 4.75 Å². The average molecular weight is 565 g/mol. The molecule has 12 nitrogen and oxygen atoms in total. The number of nitrogens with zero attached hydrogens (tertiary/aromatic N) is 7. The minimum atomic E-state index is -0.548. The number of aromatic amines is 1. The first-order valence-corrected chi connectivity index (χ1v) is 14.2. The zero-order valence-electron chi connectivity index (χ0n) is 23.3. The number of piperazine rings is 1. The Labute approximate surface area is 237 Å². The summed E-state index contributed by atoms with van der Waals surface area (Å²) in [6.45, 7) is 13.7. The number of nitrogens with one attached hydrogen (secondary N) is 2. The van der Waals surface area contributed by atoms with Crippen LogP contribution in [0.15, 0.2) is 39.5 Å².